The summed E-state index contributed by atoms with van der Waals surface area (Å²) < 4.78 is 5.53. The topological polar surface area (TPSA) is 21.6 Å². The van der Waals surface area contributed by atoms with Gasteiger partial charge in [0.1, 0.15) is 5.75 Å². The molecule has 80 valence electrons. The van der Waals surface area contributed by atoms with Crippen LogP contribution < -0.4 is 4.74 Å². The summed E-state index contributed by atoms with van der Waals surface area (Å²) in [4.78, 5) is 4.54. The summed E-state index contributed by atoms with van der Waals surface area (Å²) >= 11 is 0. The molecule has 2 nitrogen and oxygen atoms in total. The molecule has 2 heteroatoms. The molecule has 0 unspecified atom stereocenters. The van der Waals surface area contributed by atoms with E-state index in [1.807, 2.05) is 37.4 Å². The number of nitrogens with zero attached hydrogens (tertiary/aromatic N) is 1. The Labute approximate surface area is 91.0 Å². The van der Waals surface area contributed by atoms with Crippen LogP contribution in [0.25, 0.3) is 0 Å². The molecule has 0 spiro atoms. The van der Waals surface area contributed by atoms with Gasteiger partial charge in [-0.25, -0.2) is 0 Å². The Kier molecular flexibility index (Phi) is 3.38. The second kappa shape index (κ2) is 4.96. The molecular formula is C13H17NO. The molecule has 0 N–H and O–H groups in total. The largest absolute Gasteiger partial charge is 0.493 e. The van der Waals surface area contributed by atoms with E-state index >= 15 is 0 Å². The zero-order valence-electron chi connectivity index (χ0n) is 9.15. The van der Waals surface area contributed by atoms with Crippen molar-refractivity contribution in [2.45, 2.75) is 32.2 Å². The first-order chi connectivity index (χ1) is 7.40. The first-order valence-electron chi connectivity index (χ1n) is 5.65. The molecule has 1 saturated carbocycles. The Morgan fingerprint density at radius 1 is 1.40 bits per heavy atom. The van der Waals surface area contributed by atoms with Gasteiger partial charge in [0, 0.05) is 17.8 Å². The summed E-state index contributed by atoms with van der Waals surface area (Å²) in [6.07, 6.45) is 5.77. The Balaban J connectivity index is 2.07. The summed E-state index contributed by atoms with van der Waals surface area (Å²) in [5.41, 5.74) is 1.09. The number of ether oxygens (including phenoxy) is 1. The van der Waals surface area contributed by atoms with E-state index in [0.717, 1.165) is 11.3 Å². The van der Waals surface area contributed by atoms with E-state index in [0.29, 0.717) is 12.6 Å². The minimum atomic E-state index is 0.555. The second-order valence-corrected chi connectivity index (χ2v) is 3.83. The summed E-state index contributed by atoms with van der Waals surface area (Å²) in [6, 6.07) is 8.61. The van der Waals surface area contributed by atoms with E-state index in [9.17, 15) is 0 Å². The van der Waals surface area contributed by atoms with E-state index in [4.69, 9.17) is 4.74 Å². The highest BCUT2D eigenvalue weighted by Gasteiger charge is 2.14. The van der Waals surface area contributed by atoms with Gasteiger partial charge < -0.3 is 4.74 Å². The zero-order chi connectivity index (χ0) is 10.5. The number of hydrogen-bond acceptors (Lipinski definition) is 2. The monoisotopic (exact) mass is 203 g/mol. The van der Waals surface area contributed by atoms with Crippen molar-refractivity contribution in [1.29, 1.82) is 0 Å². The Morgan fingerprint density at radius 3 is 2.87 bits per heavy atom. The Bertz CT molecular complexity index is 342. The SMILES string of the molecule is CCOc1ccccc1C=NC1CCC1. The summed E-state index contributed by atoms with van der Waals surface area (Å²) in [7, 11) is 0. The first kappa shape index (κ1) is 10.2. The molecule has 0 bridgehead atoms. The van der Waals surface area contributed by atoms with Crippen molar-refractivity contribution >= 4 is 6.21 Å². The lowest BCUT2D eigenvalue weighted by molar-refractivity contribution is 0.339. The maximum Gasteiger partial charge on any atom is 0.128 e. The van der Waals surface area contributed by atoms with Gasteiger partial charge in [-0.15, -0.1) is 0 Å². The molecule has 0 atom stereocenters. The highest BCUT2D eigenvalue weighted by molar-refractivity contribution is 5.83. The maximum atomic E-state index is 5.53. The Morgan fingerprint density at radius 2 is 2.20 bits per heavy atom. The van der Waals surface area contributed by atoms with Gasteiger partial charge in [-0.05, 0) is 38.3 Å². The van der Waals surface area contributed by atoms with E-state index in [2.05, 4.69) is 4.99 Å². The average Bonchev–Trinajstić information content (AvgIpc) is 2.18. The van der Waals surface area contributed by atoms with Crippen molar-refractivity contribution in [3.8, 4) is 5.75 Å². The Hall–Kier alpha value is -1.31. The molecule has 1 aromatic carbocycles. The van der Waals surface area contributed by atoms with Crippen LogP contribution in [0.2, 0.25) is 0 Å². The van der Waals surface area contributed by atoms with Gasteiger partial charge >= 0.3 is 0 Å². The molecule has 0 aromatic heterocycles. The molecule has 0 amide bonds. The van der Waals surface area contributed by atoms with Gasteiger partial charge in [0.05, 0.1) is 6.61 Å². The van der Waals surface area contributed by atoms with Crippen LogP contribution in [0.15, 0.2) is 29.3 Å². The van der Waals surface area contributed by atoms with Crippen LogP contribution in [0.4, 0.5) is 0 Å². The smallest absolute Gasteiger partial charge is 0.128 e. The van der Waals surface area contributed by atoms with Crippen molar-refractivity contribution in [2.24, 2.45) is 4.99 Å². The van der Waals surface area contributed by atoms with Gasteiger partial charge in [0.2, 0.25) is 0 Å². The van der Waals surface area contributed by atoms with Crippen molar-refractivity contribution in [3.05, 3.63) is 29.8 Å². The normalized spacial score (nSPS) is 16.6. The van der Waals surface area contributed by atoms with Gasteiger partial charge in [-0.1, -0.05) is 12.1 Å². The summed E-state index contributed by atoms with van der Waals surface area (Å²) in [6.45, 7) is 2.70. The van der Waals surface area contributed by atoms with E-state index in [1.165, 1.54) is 19.3 Å². The van der Waals surface area contributed by atoms with Crippen LogP contribution in [-0.2, 0) is 0 Å². The average molecular weight is 203 g/mol. The lowest BCUT2D eigenvalue weighted by Gasteiger charge is -2.20. The van der Waals surface area contributed by atoms with Crippen LogP contribution in [-0.4, -0.2) is 18.9 Å². The van der Waals surface area contributed by atoms with Crippen LogP contribution in [0.1, 0.15) is 31.7 Å². The van der Waals surface area contributed by atoms with Crippen LogP contribution >= 0.6 is 0 Å². The molecule has 0 heterocycles. The van der Waals surface area contributed by atoms with Crippen molar-refractivity contribution in [3.63, 3.8) is 0 Å². The lowest BCUT2D eigenvalue weighted by Crippen LogP contribution is -2.14. The van der Waals surface area contributed by atoms with Gasteiger partial charge in [0.25, 0.3) is 0 Å². The van der Waals surface area contributed by atoms with Crippen LogP contribution in [0, 0.1) is 0 Å². The fourth-order valence-corrected chi connectivity index (χ4v) is 1.60. The van der Waals surface area contributed by atoms with E-state index in [1.54, 1.807) is 0 Å². The molecule has 15 heavy (non-hydrogen) atoms. The minimum Gasteiger partial charge on any atom is -0.493 e. The molecule has 0 aliphatic heterocycles. The maximum absolute atomic E-state index is 5.53. The molecule has 1 aliphatic carbocycles. The molecule has 1 aromatic rings. The van der Waals surface area contributed by atoms with Gasteiger partial charge in [0.15, 0.2) is 0 Å². The van der Waals surface area contributed by atoms with Gasteiger partial charge in [-0.2, -0.15) is 0 Å². The molecule has 2 rings (SSSR count). The molecule has 1 fully saturated rings. The van der Waals surface area contributed by atoms with Crippen molar-refractivity contribution in [2.75, 3.05) is 6.61 Å². The predicted octanol–water partition coefficient (Wildman–Crippen LogP) is 3.06. The summed E-state index contributed by atoms with van der Waals surface area (Å²) in [5, 5.41) is 0. The van der Waals surface area contributed by atoms with Crippen LogP contribution in [0.3, 0.4) is 0 Å². The highest BCUT2D eigenvalue weighted by Crippen LogP contribution is 2.22. The second-order valence-electron chi connectivity index (χ2n) is 3.83. The minimum absolute atomic E-state index is 0.555. The highest BCUT2D eigenvalue weighted by atomic mass is 16.5. The number of para-hydroxylation sites is 1. The number of rotatable bonds is 4. The number of hydrogen-bond donors (Lipinski definition) is 0. The third-order valence-corrected chi connectivity index (χ3v) is 2.72. The fraction of sp³-hybridized carbons (Fsp3) is 0.462. The third kappa shape index (κ3) is 2.58. The third-order valence-electron chi connectivity index (χ3n) is 2.72. The number of aliphatic imine (C=N–C) groups is 1. The molecular weight excluding hydrogens is 186 g/mol. The predicted molar refractivity (Wildman–Crippen MR) is 62.8 cm³/mol. The molecule has 0 saturated heterocycles. The quantitative estimate of drug-likeness (QED) is 0.689. The lowest BCUT2D eigenvalue weighted by atomic mass is 9.94. The van der Waals surface area contributed by atoms with E-state index in [-0.39, 0.29) is 0 Å². The molecule has 1 aliphatic rings. The number of benzene rings is 1. The fourth-order valence-electron chi connectivity index (χ4n) is 1.60. The van der Waals surface area contributed by atoms with Crippen molar-refractivity contribution < 1.29 is 4.74 Å². The molecule has 0 radical (unpaired) electrons. The summed E-state index contributed by atoms with van der Waals surface area (Å²) in [5.74, 6) is 0.933. The van der Waals surface area contributed by atoms with Crippen LogP contribution in [0.5, 0.6) is 5.75 Å². The standard InChI is InChI=1S/C13H17NO/c1-2-15-13-9-4-3-6-11(13)10-14-12-7-5-8-12/h3-4,6,9-10,12H,2,5,7-8H2,1H3. The van der Waals surface area contributed by atoms with Gasteiger partial charge in [-0.3, -0.25) is 4.99 Å². The van der Waals surface area contributed by atoms with E-state index < -0.39 is 0 Å². The zero-order valence-corrected chi connectivity index (χ0v) is 9.15. The van der Waals surface area contributed by atoms with Crippen molar-refractivity contribution in [1.82, 2.24) is 0 Å². The first-order valence-corrected chi connectivity index (χ1v) is 5.65.